The van der Waals surface area contributed by atoms with Crippen molar-refractivity contribution in [3.8, 4) is 0 Å². The Hall–Kier alpha value is -1.53. The first-order valence-electron chi connectivity index (χ1n) is 7.44. The maximum atomic E-state index is 11.4. The van der Waals surface area contributed by atoms with Gasteiger partial charge in [0.1, 0.15) is 0 Å². The standard InChI is InChI=1S/C16H25BN2O3/c1-15(2)16(3,4)22-17(21-15)13(10-18(5)6)12-8-9-19(7)14(12)11-20/h8-11H,1-7H3/b13-10+. The second-order valence-corrected chi connectivity index (χ2v) is 6.98. The van der Waals surface area contributed by atoms with Crippen LogP contribution in [0.15, 0.2) is 18.5 Å². The third-order valence-corrected chi connectivity index (χ3v) is 4.45. The first-order chi connectivity index (χ1) is 10.1. The van der Waals surface area contributed by atoms with Crippen LogP contribution in [0.25, 0.3) is 5.47 Å². The van der Waals surface area contributed by atoms with Crippen LogP contribution in [0.3, 0.4) is 0 Å². The molecule has 1 saturated heterocycles. The predicted molar refractivity (Wildman–Crippen MR) is 88.5 cm³/mol. The summed E-state index contributed by atoms with van der Waals surface area (Å²) in [5.74, 6) is 0. The Morgan fingerprint density at radius 3 is 2.23 bits per heavy atom. The van der Waals surface area contributed by atoms with Crippen molar-refractivity contribution in [1.29, 1.82) is 0 Å². The van der Waals surface area contributed by atoms with Crippen LogP contribution in [-0.4, -0.2) is 48.2 Å². The van der Waals surface area contributed by atoms with E-state index in [1.807, 2.05) is 72.2 Å². The van der Waals surface area contributed by atoms with Crippen molar-refractivity contribution in [3.63, 3.8) is 0 Å². The predicted octanol–water partition coefficient (Wildman–Crippen LogP) is 2.37. The number of aldehydes is 1. The summed E-state index contributed by atoms with van der Waals surface area (Å²) >= 11 is 0. The second-order valence-electron chi connectivity index (χ2n) is 6.98. The van der Waals surface area contributed by atoms with E-state index in [0.29, 0.717) is 5.69 Å². The number of nitrogens with zero attached hydrogens (tertiary/aromatic N) is 2. The van der Waals surface area contributed by atoms with Crippen LogP contribution < -0.4 is 0 Å². The van der Waals surface area contributed by atoms with E-state index in [9.17, 15) is 4.79 Å². The summed E-state index contributed by atoms with van der Waals surface area (Å²) in [6.07, 6.45) is 4.68. The van der Waals surface area contributed by atoms with E-state index in [4.69, 9.17) is 9.31 Å². The Morgan fingerprint density at radius 2 is 1.77 bits per heavy atom. The van der Waals surface area contributed by atoms with Crippen molar-refractivity contribution in [1.82, 2.24) is 9.47 Å². The zero-order chi connectivity index (χ0) is 16.7. The van der Waals surface area contributed by atoms with Gasteiger partial charge in [0.25, 0.3) is 0 Å². The lowest BCUT2D eigenvalue weighted by molar-refractivity contribution is 0.00578. The normalized spacial score (nSPS) is 20.3. The van der Waals surface area contributed by atoms with Gasteiger partial charge in [-0.25, -0.2) is 0 Å². The van der Waals surface area contributed by atoms with Gasteiger partial charge in [-0.15, -0.1) is 0 Å². The van der Waals surface area contributed by atoms with Gasteiger partial charge < -0.3 is 18.8 Å². The molecule has 0 radical (unpaired) electrons. The van der Waals surface area contributed by atoms with Gasteiger partial charge in [-0.3, -0.25) is 4.79 Å². The quantitative estimate of drug-likeness (QED) is 0.633. The summed E-state index contributed by atoms with van der Waals surface area (Å²) in [6, 6.07) is 1.92. The van der Waals surface area contributed by atoms with E-state index < -0.39 is 18.3 Å². The number of carbonyl (C=O) groups is 1. The van der Waals surface area contributed by atoms with Crippen molar-refractivity contribution in [2.45, 2.75) is 38.9 Å². The first kappa shape index (κ1) is 16.8. The van der Waals surface area contributed by atoms with Gasteiger partial charge in [-0.05, 0) is 40.0 Å². The highest BCUT2D eigenvalue weighted by atomic mass is 16.7. The van der Waals surface area contributed by atoms with Crippen LogP contribution in [0.4, 0.5) is 0 Å². The lowest BCUT2D eigenvalue weighted by atomic mass is 9.74. The fourth-order valence-corrected chi connectivity index (χ4v) is 2.44. The summed E-state index contributed by atoms with van der Waals surface area (Å²) in [5.41, 5.74) is 1.47. The van der Waals surface area contributed by atoms with Gasteiger partial charge in [-0.1, -0.05) is 0 Å². The minimum absolute atomic E-state index is 0.417. The molecule has 1 aliphatic heterocycles. The summed E-state index contributed by atoms with van der Waals surface area (Å²) in [4.78, 5) is 13.4. The molecule has 0 aromatic carbocycles. The van der Waals surface area contributed by atoms with Crippen molar-refractivity contribution in [2.75, 3.05) is 14.1 Å². The molecule has 22 heavy (non-hydrogen) atoms. The van der Waals surface area contributed by atoms with E-state index in [2.05, 4.69) is 0 Å². The molecule has 1 aromatic rings. The molecule has 1 aromatic heterocycles. The molecule has 0 N–H and O–H groups in total. The van der Waals surface area contributed by atoms with E-state index in [1.165, 1.54) is 0 Å². The smallest absolute Gasteiger partial charge is 0.399 e. The molecule has 1 fully saturated rings. The maximum absolute atomic E-state index is 11.4. The van der Waals surface area contributed by atoms with Gasteiger partial charge in [0.15, 0.2) is 6.29 Å². The van der Waals surface area contributed by atoms with Crippen molar-refractivity contribution in [2.24, 2.45) is 7.05 Å². The average Bonchev–Trinajstić information content (AvgIpc) is 2.84. The molecule has 2 heterocycles. The second kappa shape index (κ2) is 5.59. The molecule has 0 saturated carbocycles. The molecule has 0 bridgehead atoms. The van der Waals surface area contributed by atoms with Crippen LogP contribution in [-0.2, 0) is 16.4 Å². The molecule has 2 rings (SSSR count). The van der Waals surface area contributed by atoms with Crippen LogP contribution in [0.1, 0.15) is 43.7 Å². The molecule has 0 atom stereocenters. The zero-order valence-electron chi connectivity index (χ0n) is 14.5. The molecule has 1 aliphatic rings. The Morgan fingerprint density at radius 1 is 1.23 bits per heavy atom. The lowest BCUT2D eigenvalue weighted by Crippen LogP contribution is -2.41. The Kier molecular flexibility index (Phi) is 4.28. The van der Waals surface area contributed by atoms with Crippen molar-refractivity contribution in [3.05, 3.63) is 29.7 Å². The zero-order valence-corrected chi connectivity index (χ0v) is 14.5. The average molecular weight is 304 g/mol. The number of hydrogen-bond donors (Lipinski definition) is 0. The molecule has 120 valence electrons. The Balaban J connectivity index is 2.48. The van der Waals surface area contributed by atoms with Gasteiger partial charge in [-0.2, -0.15) is 0 Å². The lowest BCUT2D eigenvalue weighted by Gasteiger charge is -2.32. The third-order valence-electron chi connectivity index (χ3n) is 4.45. The number of rotatable bonds is 4. The minimum atomic E-state index is -0.506. The summed E-state index contributed by atoms with van der Waals surface area (Å²) in [5, 5.41) is 0. The van der Waals surface area contributed by atoms with E-state index in [-0.39, 0.29) is 0 Å². The van der Waals surface area contributed by atoms with E-state index >= 15 is 0 Å². The largest absolute Gasteiger partial charge is 0.497 e. The molecular formula is C16H25BN2O3. The van der Waals surface area contributed by atoms with Crippen LogP contribution in [0.2, 0.25) is 0 Å². The number of aromatic nitrogens is 1. The van der Waals surface area contributed by atoms with Crippen LogP contribution >= 0.6 is 0 Å². The molecule has 0 spiro atoms. The minimum Gasteiger partial charge on any atom is -0.399 e. The highest BCUT2D eigenvalue weighted by molar-refractivity contribution is 6.69. The summed E-state index contributed by atoms with van der Waals surface area (Å²) in [6.45, 7) is 8.08. The first-order valence-corrected chi connectivity index (χ1v) is 7.44. The van der Waals surface area contributed by atoms with Crippen LogP contribution in [0.5, 0.6) is 0 Å². The molecule has 0 amide bonds. The monoisotopic (exact) mass is 304 g/mol. The SMILES string of the molecule is CN(C)/C=C(/B1OC(C)(C)C(C)(C)O1)c1ccn(C)c1C=O. The molecule has 5 nitrogen and oxygen atoms in total. The number of carbonyl (C=O) groups excluding carboxylic acids is 1. The van der Waals surface area contributed by atoms with E-state index in [0.717, 1.165) is 17.3 Å². The Bertz CT molecular complexity index is 587. The highest BCUT2D eigenvalue weighted by Crippen LogP contribution is 2.41. The number of aryl methyl sites for hydroxylation is 1. The van der Waals surface area contributed by atoms with Gasteiger partial charge >= 0.3 is 7.12 Å². The summed E-state index contributed by atoms with van der Waals surface area (Å²) < 4.78 is 14.1. The molecular weight excluding hydrogens is 279 g/mol. The van der Waals surface area contributed by atoms with Gasteiger partial charge in [0.05, 0.1) is 16.9 Å². The van der Waals surface area contributed by atoms with Crippen molar-refractivity contribution >= 4 is 18.9 Å². The van der Waals surface area contributed by atoms with Gasteiger partial charge in [0, 0.05) is 38.4 Å². The van der Waals surface area contributed by atoms with Crippen LogP contribution in [0, 0.1) is 0 Å². The summed E-state index contributed by atoms with van der Waals surface area (Å²) in [7, 11) is 5.22. The third kappa shape index (κ3) is 2.85. The highest BCUT2D eigenvalue weighted by Gasteiger charge is 2.53. The number of hydrogen-bond acceptors (Lipinski definition) is 4. The topological polar surface area (TPSA) is 43.7 Å². The molecule has 6 heteroatoms. The van der Waals surface area contributed by atoms with E-state index in [1.54, 1.807) is 4.57 Å². The van der Waals surface area contributed by atoms with Crippen molar-refractivity contribution < 1.29 is 14.1 Å². The fourth-order valence-electron chi connectivity index (χ4n) is 2.44. The molecule has 0 aliphatic carbocycles. The fraction of sp³-hybridized carbons (Fsp3) is 0.562. The van der Waals surface area contributed by atoms with Gasteiger partial charge in [0.2, 0.25) is 0 Å². The molecule has 0 unspecified atom stereocenters. The Labute approximate surface area is 133 Å². The maximum Gasteiger partial charge on any atom is 0.497 e.